The average molecular weight is 698 g/mol. The van der Waals surface area contributed by atoms with Crippen LogP contribution in [-0.2, 0) is 0 Å². The van der Waals surface area contributed by atoms with E-state index in [0.717, 1.165) is 49.6 Å². The Labute approximate surface area is 316 Å². The number of benzene rings is 9. The number of hydrogen-bond donors (Lipinski definition) is 0. The van der Waals surface area contributed by atoms with Crippen LogP contribution in [-0.4, -0.2) is 14.4 Å². The van der Waals surface area contributed by atoms with Gasteiger partial charge in [0.25, 0.3) is 0 Å². The number of aromatic nitrogens is 3. The molecule has 3 nitrogen and oxygen atoms in total. The van der Waals surface area contributed by atoms with Gasteiger partial charge in [-0.05, 0) is 125 Å². The SMILES string of the molecule is c1ccc2cc(-c3c4ccccc4c(-c4cccc5ccccc45)c4ccc(-c5ccc6c(c5)c5ncccc5n5c7ccccc7nc65)cc34)ccc2c1. The van der Waals surface area contributed by atoms with Gasteiger partial charge >= 0.3 is 0 Å². The predicted octanol–water partition coefficient (Wildman–Crippen LogP) is 13.8. The molecule has 0 aliphatic carbocycles. The summed E-state index contributed by atoms with van der Waals surface area (Å²) in [4.78, 5) is 10.1. The van der Waals surface area contributed by atoms with Crippen LogP contribution in [0.2, 0.25) is 0 Å². The van der Waals surface area contributed by atoms with Gasteiger partial charge in [0, 0.05) is 17.0 Å². The number of fused-ring (bicyclic) bond motifs is 12. The van der Waals surface area contributed by atoms with E-state index < -0.39 is 0 Å². The zero-order valence-electron chi connectivity index (χ0n) is 29.7. The second kappa shape index (κ2) is 11.6. The lowest BCUT2D eigenvalue weighted by Gasteiger charge is -2.20. The Morgan fingerprint density at radius 1 is 0.364 bits per heavy atom. The number of imidazole rings is 1. The van der Waals surface area contributed by atoms with Crippen LogP contribution in [0.25, 0.3) is 115 Å². The van der Waals surface area contributed by atoms with Crippen molar-refractivity contribution in [3.8, 4) is 33.4 Å². The molecule has 12 rings (SSSR count). The van der Waals surface area contributed by atoms with E-state index in [4.69, 9.17) is 9.97 Å². The lowest BCUT2D eigenvalue weighted by molar-refractivity contribution is 1.29. The molecule has 3 heteroatoms. The van der Waals surface area contributed by atoms with Gasteiger partial charge in [-0.1, -0.05) is 133 Å². The summed E-state index contributed by atoms with van der Waals surface area (Å²) in [7, 11) is 0. The first-order valence-electron chi connectivity index (χ1n) is 18.8. The molecule has 9 aromatic carbocycles. The summed E-state index contributed by atoms with van der Waals surface area (Å²) in [6.45, 7) is 0. The molecule has 0 radical (unpaired) electrons. The van der Waals surface area contributed by atoms with Gasteiger partial charge in [-0.25, -0.2) is 4.98 Å². The third-order valence-corrected chi connectivity index (χ3v) is 11.6. The summed E-state index contributed by atoms with van der Waals surface area (Å²) in [5.74, 6) is 0. The van der Waals surface area contributed by atoms with Gasteiger partial charge in [0.1, 0.15) is 5.65 Å². The fourth-order valence-electron chi connectivity index (χ4n) is 9.10. The molecular weight excluding hydrogens is 667 g/mol. The molecule has 0 aliphatic heterocycles. The van der Waals surface area contributed by atoms with Crippen molar-refractivity contribution in [1.82, 2.24) is 14.4 Å². The molecule has 3 aromatic heterocycles. The van der Waals surface area contributed by atoms with E-state index in [0.29, 0.717) is 0 Å². The van der Waals surface area contributed by atoms with Crippen LogP contribution >= 0.6 is 0 Å². The van der Waals surface area contributed by atoms with Crippen molar-refractivity contribution < 1.29 is 0 Å². The zero-order valence-corrected chi connectivity index (χ0v) is 29.7. The van der Waals surface area contributed by atoms with E-state index in [-0.39, 0.29) is 0 Å². The van der Waals surface area contributed by atoms with Crippen LogP contribution in [0.15, 0.2) is 188 Å². The molecule has 0 saturated carbocycles. The Kier molecular flexibility index (Phi) is 6.34. The minimum absolute atomic E-state index is 0.951. The minimum atomic E-state index is 0.951. The lowest BCUT2D eigenvalue weighted by atomic mass is 9.83. The van der Waals surface area contributed by atoms with Crippen LogP contribution < -0.4 is 0 Å². The summed E-state index contributed by atoms with van der Waals surface area (Å²) in [6, 6.07) is 66.3. The van der Waals surface area contributed by atoms with Crippen molar-refractivity contribution in [3.63, 3.8) is 0 Å². The molecule has 0 atom stereocenters. The summed E-state index contributed by atoms with van der Waals surface area (Å²) in [5, 5.41) is 12.1. The van der Waals surface area contributed by atoms with Gasteiger partial charge in [0.05, 0.1) is 22.1 Å². The van der Waals surface area contributed by atoms with Gasteiger partial charge in [-0.3, -0.25) is 9.38 Å². The fraction of sp³-hybridized carbons (Fsp3) is 0. The molecular formula is C52H31N3. The monoisotopic (exact) mass is 697 g/mol. The van der Waals surface area contributed by atoms with Gasteiger partial charge in [-0.2, -0.15) is 0 Å². The standard InChI is InChI=1S/C52H31N3/c1-2-13-34-29-37(23-22-32(34)11-1)49-40-16-5-6-17-41(40)50(39-18-9-14-33-12-3-4-15-38(33)39)42-26-24-35(30-44(42)49)36-25-27-43-45(31-36)51-48(21-10-28-53-51)55-47-20-8-7-19-46(47)54-52(43)55/h1-31H. The Bertz CT molecular complexity index is 3550. The molecule has 0 N–H and O–H groups in total. The van der Waals surface area contributed by atoms with E-state index in [1.54, 1.807) is 0 Å². The highest BCUT2D eigenvalue weighted by Gasteiger charge is 2.20. The lowest BCUT2D eigenvalue weighted by Crippen LogP contribution is -1.94. The third-order valence-electron chi connectivity index (χ3n) is 11.6. The molecule has 0 unspecified atom stereocenters. The van der Waals surface area contributed by atoms with Crippen LogP contribution in [0.5, 0.6) is 0 Å². The van der Waals surface area contributed by atoms with Crippen molar-refractivity contribution >= 4 is 81.6 Å². The highest BCUT2D eigenvalue weighted by molar-refractivity contribution is 6.24. The first-order valence-corrected chi connectivity index (χ1v) is 18.8. The minimum Gasteiger partial charge on any atom is -0.290 e. The van der Waals surface area contributed by atoms with Crippen LogP contribution in [0.3, 0.4) is 0 Å². The van der Waals surface area contributed by atoms with E-state index in [2.05, 4.69) is 180 Å². The van der Waals surface area contributed by atoms with Crippen molar-refractivity contribution in [1.29, 1.82) is 0 Å². The van der Waals surface area contributed by atoms with Crippen LogP contribution in [0, 0.1) is 0 Å². The number of nitrogens with zero attached hydrogens (tertiary/aromatic N) is 3. The normalized spacial score (nSPS) is 12.0. The van der Waals surface area contributed by atoms with Gasteiger partial charge in [0.15, 0.2) is 0 Å². The molecule has 0 spiro atoms. The quantitative estimate of drug-likeness (QED) is 0.136. The van der Waals surface area contributed by atoms with E-state index in [9.17, 15) is 0 Å². The van der Waals surface area contributed by atoms with Crippen LogP contribution in [0.4, 0.5) is 0 Å². The third kappa shape index (κ3) is 4.44. The molecule has 0 saturated heterocycles. The smallest absolute Gasteiger partial charge is 0.146 e. The van der Waals surface area contributed by atoms with Gasteiger partial charge in [-0.15, -0.1) is 0 Å². The molecule has 55 heavy (non-hydrogen) atoms. The maximum Gasteiger partial charge on any atom is 0.146 e. The molecule has 0 bridgehead atoms. The van der Waals surface area contributed by atoms with Crippen LogP contribution in [0.1, 0.15) is 0 Å². The number of pyridine rings is 2. The molecule has 0 amide bonds. The second-order valence-electron chi connectivity index (χ2n) is 14.5. The maximum absolute atomic E-state index is 5.13. The number of hydrogen-bond acceptors (Lipinski definition) is 2. The van der Waals surface area contributed by atoms with Crippen molar-refractivity contribution in [2.45, 2.75) is 0 Å². The maximum atomic E-state index is 5.13. The molecule has 0 aliphatic rings. The van der Waals surface area contributed by atoms with Gasteiger partial charge in [0.2, 0.25) is 0 Å². The second-order valence-corrected chi connectivity index (χ2v) is 14.5. The van der Waals surface area contributed by atoms with E-state index >= 15 is 0 Å². The average Bonchev–Trinajstić information content (AvgIpc) is 3.65. The zero-order chi connectivity index (χ0) is 36.0. The summed E-state index contributed by atoms with van der Waals surface area (Å²) < 4.78 is 2.26. The number of rotatable bonds is 3. The molecule has 254 valence electrons. The Morgan fingerprint density at radius 2 is 1.00 bits per heavy atom. The Balaban J connectivity index is 1.18. The largest absolute Gasteiger partial charge is 0.290 e. The molecule has 3 heterocycles. The first-order chi connectivity index (χ1) is 27.3. The summed E-state index contributed by atoms with van der Waals surface area (Å²) >= 11 is 0. The van der Waals surface area contributed by atoms with Crippen molar-refractivity contribution in [3.05, 3.63) is 188 Å². The summed E-state index contributed by atoms with van der Waals surface area (Å²) in [6.07, 6.45) is 1.89. The molecule has 12 aromatic rings. The van der Waals surface area contributed by atoms with Crippen molar-refractivity contribution in [2.75, 3.05) is 0 Å². The fourth-order valence-corrected chi connectivity index (χ4v) is 9.10. The predicted molar refractivity (Wildman–Crippen MR) is 232 cm³/mol. The van der Waals surface area contributed by atoms with E-state index in [1.165, 1.54) is 65.3 Å². The highest BCUT2D eigenvalue weighted by atomic mass is 15.0. The first kappa shape index (κ1) is 30.1. The molecule has 0 fully saturated rings. The summed E-state index contributed by atoms with van der Waals surface area (Å²) in [5.41, 5.74) is 12.3. The highest BCUT2D eigenvalue weighted by Crippen LogP contribution is 2.47. The van der Waals surface area contributed by atoms with Gasteiger partial charge < -0.3 is 0 Å². The Morgan fingerprint density at radius 3 is 1.87 bits per heavy atom. The topological polar surface area (TPSA) is 30.2 Å². The Hall–Kier alpha value is -7.36. The van der Waals surface area contributed by atoms with E-state index in [1.807, 2.05) is 12.3 Å². The van der Waals surface area contributed by atoms with Crippen molar-refractivity contribution in [2.24, 2.45) is 0 Å². The number of para-hydroxylation sites is 2.